The molecule has 0 aliphatic carbocycles. The Kier molecular flexibility index (Phi) is 2.23. The Hall–Kier alpha value is -1.42. The van der Waals surface area contributed by atoms with Crippen LogP contribution in [0.1, 0.15) is 23.0 Å². The molecule has 0 saturated carbocycles. The van der Waals surface area contributed by atoms with Gasteiger partial charge in [-0.2, -0.15) is 0 Å². The van der Waals surface area contributed by atoms with E-state index in [-0.39, 0.29) is 5.75 Å². The number of carbonyl (C=O) groups is 1. The summed E-state index contributed by atoms with van der Waals surface area (Å²) in [6.45, 7) is 3.49. The topological polar surface area (TPSA) is 55.8 Å². The van der Waals surface area contributed by atoms with Gasteiger partial charge in [-0.05, 0) is 25.5 Å². The highest BCUT2D eigenvalue weighted by Crippen LogP contribution is 2.39. The molecule has 0 spiro atoms. The fourth-order valence-electron chi connectivity index (χ4n) is 1.47. The molecule has 2 rings (SSSR count). The van der Waals surface area contributed by atoms with Crippen molar-refractivity contribution < 1.29 is 19.4 Å². The number of rotatable bonds is 1. The first-order valence-electron chi connectivity index (χ1n) is 4.36. The lowest BCUT2D eigenvalue weighted by atomic mass is 10.0. The molecule has 4 nitrogen and oxygen atoms in total. The SMILES string of the molecule is Cc1cc(C2OC(=O)O2)c(O)c(C)c1Cl. The van der Waals surface area contributed by atoms with Gasteiger partial charge in [-0.3, -0.25) is 0 Å². The van der Waals surface area contributed by atoms with Crippen molar-refractivity contribution in [2.75, 3.05) is 0 Å². The summed E-state index contributed by atoms with van der Waals surface area (Å²) >= 11 is 5.94. The lowest BCUT2D eigenvalue weighted by molar-refractivity contribution is -0.187. The minimum Gasteiger partial charge on any atom is -0.507 e. The van der Waals surface area contributed by atoms with Crippen LogP contribution in [0.2, 0.25) is 5.02 Å². The first kappa shape index (κ1) is 10.1. The number of phenolic OH excluding ortho intramolecular Hbond substituents is 1. The summed E-state index contributed by atoms with van der Waals surface area (Å²) in [6.07, 6.45) is -1.54. The number of hydrogen-bond donors (Lipinski definition) is 1. The summed E-state index contributed by atoms with van der Waals surface area (Å²) in [5.41, 5.74) is 1.78. The van der Waals surface area contributed by atoms with Crippen molar-refractivity contribution >= 4 is 17.8 Å². The average Bonchev–Trinajstić information content (AvgIpc) is 2.16. The van der Waals surface area contributed by atoms with Crippen LogP contribution in [0.25, 0.3) is 0 Å². The number of hydrogen-bond acceptors (Lipinski definition) is 4. The highest BCUT2D eigenvalue weighted by atomic mass is 35.5. The zero-order valence-corrected chi connectivity index (χ0v) is 8.96. The second-order valence-corrected chi connectivity index (χ2v) is 3.77. The van der Waals surface area contributed by atoms with Gasteiger partial charge in [-0.1, -0.05) is 11.6 Å². The molecule has 0 unspecified atom stereocenters. The van der Waals surface area contributed by atoms with Gasteiger partial charge in [0.2, 0.25) is 0 Å². The van der Waals surface area contributed by atoms with Gasteiger partial charge < -0.3 is 14.6 Å². The largest absolute Gasteiger partial charge is 0.515 e. The predicted octanol–water partition coefficient (Wildman–Crippen LogP) is 2.83. The van der Waals surface area contributed by atoms with Gasteiger partial charge in [0.25, 0.3) is 6.29 Å². The van der Waals surface area contributed by atoms with Gasteiger partial charge in [0.1, 0.15) is 5.75 Å². The van der Waals surface area contributed by atoms with E-state index in [0.29, 0.717) is 16.1 Å². The number of carbonyl (C=O) groups excluding carboxylic acids is 1. The molecular weight excluding hydrogens is 220 g/mol. The molecule has 1 fully saturated rings. The lowest BCUT2D eigenvalue weighted by Gasteiger charge is -2.27. The van der Waals surface area contributed by atoms with Gasteiger partial charge >= 0.3 is 6.16 Å². The van der Waals surface area contributed by atoms with Crippen molar-refractivity contribution in [3.8, 4) is 5.75 Å². The number of ether oxygens (including phenoxy) is 2. The molecule has 1 aromatic rings. The Bertz CT molecular complexity index is 434. The van der Waals surface area contributed by atoms with Crippen molar-refractivity contribution in [2.24, 2.45) is 0 Å². The molecule has 1 saturated heterocycles. The first-order chi connectivity index (χ1) is 7.00. The molecule has 0 amide bonds. The first-order valence-corrected chi connectivity index (χ1v) is 4.74. The second-order valence-electron chi connectivity index (χ2n) is 3.39. The molecule has 1 aliphatic rings. The molecule has 0 radical (unpaired) electrons. The molecule has 1 heterocycles. The summed E-state index contributed by atoms with van der Waals surface area (Å²) in [7, 11) is 0. The highest BCUT2D eigenvalue weighted by Gasteiger charge is 2.34. The zero-order valence-electron chi connectivity index (χ0n) is 8.20. The van der Waals surface area contributed by atoms with Crippen molar-refractivity contribution in [1.82, 2.24) is 0 Å². The van der Waals surface area contributed by atoms with Gasteiger partial charge in [-0.25, -0.2) is 4.79 Å². The van der Waals surface area contributed by atoms with Crippen LogP contribution in [-0.2, 0) is 9.47 Å². The average molecular weight is 229 g/mol. The molecule has 1 aliphatic heterocycles. The number of aryl methyl sites for hydroxylation is 1. The minimum atomic E-state index is -0.813. The van der Waals surface area contributed by atoms with Gasteiger partial charge in [0.05, 0.1) is 10.6 Å². The number of phenols is 1. The van der Waals surface area contributed by atoms with Gasteiger partial charge in [0, 0.05) is 5.56 Å². The van der Waals surface area contributed by atoms with Crippen molar-refractivity contribution in [2.45, 2.75) is 20.1 Å². The number of aromatic hydroxyl groups is 1. The van der Waals surface area contributed by atoms with Crippen molar-refractivity contribution in [3.63, 3.8) is 0 Å². The Morgan fingerprint density at radius 2 is 2.00 bits per heavy atom. The Morgan fingerprint density at radius 3 is 2.53 bits per heavy atom. The molecule has 0 bridgehead atoms. The summed E-state index contributed by atoms with van der Waals surface area (Å²) < 4.78 is 9.38. The smallest absolute Gasteiger partial charge is 0.507 e. The highest BCUT2D eigenvalue weighted by molar-refractivity contribution is 6.32. The van der Waals surface area contributed by atoms with Crippen LogP contribution in [0.4, 0.5) is 4.79 Å². The Balaban J connectivity index is 2.44. The molecule has 5 heteroatoms. The van der Waals surface area contributed by atoms with E-state index in [1.807, 2.05) is 0 Å². The molecule has 1 N–H and O–H groups in total. The van der Waals surface area contributed by atoms with Crippen LogP contribution >= 0.6 is 11.6 Å². The summed E-state index contributed by atoms with van der Waals surface area (Å²) in [5, 5.41) is 10.3. The van der Waals surface area contributed by atoms with E-state index in [2.05, 4.69) is 0 Å². The molecule has 15 heavy (non-hydrogen) atoms. The number of halogens is 1. The van der Waals surface area contributed by atoms with E-state index in [1.54, 1.807) is 19.9 Å². The maximum absolute atomic E-state index is 10.5. The minimum absolute atomic E-state index is 0.00287. The van der Waals surface area contributed by atoms with Crippen LogP contribution in [-0.4, -0.2) is 11.3 Å². The van der Waals surface area contributed by atoms with Gasteiger partial charge in [-0.15, -0.1) is 0 Å². The molecule has 0 aromatic heterocycles. The van der Waals surface area contributed by atoms with E-state index in [1.165, 1.54) is 0 Å². The normalized spacial score (nSPS) is 15.5. The molecular formula is C10H9ClO4. The van der Waals surface area contributed by atoms with Gasteiger partial charge in [0.15, 0.2) is 0 Å². The van der Waals surface area contributed by atoms with Crippen molar-refractivity contribution in [3.05, 3.63) is 27.8 Å². The van der Waals surface area contributed by atoms with E-state index in [9.17, 15) is 9.90 Å². The third-order valence-electron chi connectivity index (χ3n) is 2.34. The van der Waals surface area contributed by atoms with Crippen LogP contribution in [0.3, 0.4) is 0 Å². The lowest BCUT2D eigenvalue weighted by Crippen LogP contribution is -2.27. The van der Waals surface area contributed by atoms with Crippen LogP contribution in [0.15, 0.2) is 6.07 Å². The molecule has 80 valence electrons. The predicted molar refractivity (Wildman–Crippen MR) is 52.9 cm³/mol. The number of benzene rings is 1. The maximum atomic E-state index is 10.5. The summed E-state index contributed by atoms with van der Waals surface area (Å²) in [6, 6.07) is 1.64. The monoisotopic (exact) mass is 228 g/mol. The Morgan fingerprint density at radius 1 is 1.40 bits per heavy atom. The fourth-order valence-corrected chi connectivity index (χ4v) is 1.62. The third kappa shape index (κ3) is 1.51. The fraction of sp³-hybridized carbons (Fsp3) is 0.300. The van der Waals surface area contributed by atoms with E-state index in [4.69, 9.17) is 21.1 Å². The van der Waals surface area contributed by atoms with E-state index in [0.717, 1.165) is 5.56 Å². The standard InChI is InChI=1S/C10H9ClO4/c1-4-3-6(9-14-10(13)15-9)8(12)5(2)7(4)11/h3,9,12H,1-2H3. The van der Waals surface area contributed by atoms with Crippen LogP contribution in [0.5, 0.6) is 5.75 Å². The van der Waals surface area contributed by atoms with Crippen LogP contribution in [0, 0.1) is 13.8 Å². The summed E-state index contributed by atoms with van der Waals surface area (Å²) in [4.78, 5) is 10.5. The van der Waals surface area contributed by atoms with Crippen LogP contribution < -0.4 is 0 Å². The second kappa shape index (κ2) is 3.31. The van der Waals surface area contributed by atoms with E-state index >= 15 is 0 Å². The van der Waals surface area contributed by atoms with Crippen molar-refractivity contribution in [1.29, 1.82) is 0 Å². The number of cyclic esters (lactones) is 2. The third-order valence-corrected chi connectivity index (χ3v) is 2.92. The molecule has 1 aromatic carbocycles. The summed E-state index contributed by atoms with van der Waals surface area (Å²) in [5.74, 6) is 0.00287. The zero-order chi connectivity index (χ0) is 11.2. The quantitative estimate of drug-likeness (QED) is 0.751. The Labute approximate surface area is 91.4 Å². The van der Waals surface area contributed by atoms with E-state index < -0.39 is 12.4 Å². The maximum Gasteiger partial charge on any atom is 0.515 e. The molecule has 0 atom stereocenters.